The molecule has 0 rings (SSSR count). The van der Waals surface area contributed by atoms with Gasteiger partial charge in [-0.1, -0.05) is 229 Å². The second kappa shape index (κ2) is 47.5. The van der Waals surface area contributed by atoms with Crippen LogP contribution < -0.4 is 5.11 Å². The normalized spacial score (nSPS) is 13.3. The van der Waals surface area contributed by atoms with Crippen molar-refractivity contribution in [1.29, 1.82) is 0 Å². The Bertz CT molecular complexity index is 1250. The average molecular weight is 914 g/mol. The Morgan fingerprint density at radius 1 is 0.477 bits per heavy atom. The van der Waals surface area contributed by atoms with E-state index in [2.05, 4.69) is 56.4 Å². The van der Waals surface area contributed by atoms with Crippen LogP contribution in [-0.2, 0) is 33.3 Å². The molecule has 0 N–H and O–H groups in total. The zero-order chi connectivity index (χ0) is 47.7. The minimum absolute atomic E-state index is 0.0153. The summed E-state index contributed by atoms with van der Waals surface area (Å²) in [5.41, 5.74) is 0. The second-order valence-corrected chi connectivity index (χ2v) is 18.8. The topological polar surface area (TPSA) is 111 Å². The maximum atomic E-state index is 12.7. The molecule has 0 spiro atoms. The molecule has 65 heavy (non-hydrogen) atoms. The van der Waals surface area contributed by atoms with Gasteiger partial charge < -0.3 is 33.3 Å². The van der Waals surface area contributed by atoms with E-state index in [4.69, 9.17) is 18.9 Å². The average Bonchev–Trinajstić information content (AvgIpc) is 3.27. The number of aliphatic carboxylic acids is 1. The number of carbonyl (C=O) groups is 3. The number of quaternary nitrogens is 1. The zero-order valence-corrected chi connectivity index (χ0v) is 42.6. The third kappa shape index (κ3) is 48.7. The highest BCUT2D eigenvalue weighted by Crippen LogP contribution is 2.16. The molecule has 0 aromatic heterocycles. The number of hydrogen-bond donors (Lipinski definition) is 0. The SMILES string of the molecule is CC/C=C\C/C=C\C/C=C\C/C=C\C/C=C\CC(=O)OC(COC(=O)CCCCCCCCCCCCCCCCCCCCCCCCCCC)COC(OCC[N+](C)(C)C)C(=O)[O-]. The first-order valence-electron chi connectivity index (χ1n) is 26.4. The van der Waals surface area contributed by atoms with Gasteiger partial charge in [-0.3, -0.25) is 9.59 Å². The molecule has 9 nitrogen and oxygen atoms in total. The fraction of sp³-hybridized carbons (Fsp3) is 0.768. The number of ether oxygens (including phenoxy) is 4. The lowest BCUT2D eigenvalue weighted by Gasteiger charge is -2.26. The van der Waals surface area contributed by atoms with Gasteiger partial charge in [0.1, 0.15) is 13.2 Å². The number of carbonyl (C=O) groups excluding carboxylic acids is 3. The van der Waals surface area contributed by atoms with E-state index in [-0.39, 0.29) is 38.6 Å². The number of carboxylic acid groups (broad SMARTS) is 1. The van der Waals surface area contributed by atoms with Crippen molar-refractivity contribution in [1.82, 2.24) is 0 Å². The van der Waals surface area contributed by atoms with Crippen LogP contribution in [0.3, 0.4) is 0 Å². The van der Waals surface area contributed by atoms with Crippen LogP contribution in [0.5, 0.6) is 0 Å². The van der Waals surface area contributed by atoms with E-state index < -0.39 is 24.3 Å². The molecule has 0 aliphatic carbocycles. The van der Waals surface area contributed by atoms with Crippen LogP contribution in [-0.4, -0.2) is 82.3 Å². The number of esters is 2. The number of allylic oxidation sites excluding steroid dienone is 9. The molecule has 0 fully saturated rings. The van der Waals surface area contributed by atoms with Gasteiger partial charge in [-0.2, -0.15) is 0 Å². The van der Waals surface area contributed by atoms with Gasteiger partial charge in [0.2, 0.25) is 0 Å². The molecule has 376 valence electrons. The van der Waals surface area contributed by atoms with Crippen LogP contribution in [0.4, 0.5) is 0 Å². The summed E-state index contributed by atoms with van der Waals surface area (Å²) in [6, 6.07) is 0. The molecule has 0 aliphatic rings. The van der Waals surface area contributed by atoms with Crippen molar-refractivity contribution in [3.8, 4) is 0 Å². The van der Waals surface area contributed by atoms with Crippen molar-refractivity contribution < 1.29 is 42.9 Å². The van der Waals surface area contributed by atoms with Crippen molar-refractivity contribution in [2.75, 3.05) is 47.5 Å². The molecule has 0 amide bonds. The Morgan fingerprint density at radius 3 is 1.25 bits per heavy atom. The monoisotopic (exact) mass is 914 g/mol. The number of likely N-dealkylation sites (N-methyl/N-ethyl adjacent to an activating group) is 1. The maximum absolute atomic E-state index is 12.7. The Hall–Kier alpha value is -3.01. The summed E-state index contributed by atoms with van der Waals surface area (Å²) in [6.45, 7) is 4.53. The molecule has 0 heterocycles. The smallest absolute Gasteiger partial charge is 0.310 e. The van der Waals surface area contributed by atoms with Crippen molar-refractivity contribution in [3.63, 3.8) is 0 Å². The van der Waals surface area contributed by atoms with Crippen LogP contribution in [0.1, 0.15) is 219 Å². The fourth-order valence-electron chi connectivity index (χ4n) is 7.26. The summed E-state index contributed by atoms with van der Waals surface area (Å²) in [7, 11) is 5.88. The quantitative estimate of drug-likeness (QED) is 0.0195. The predicted molar refractivity (Wildman–Crippen MR) is 269 cm³/mol. The molecule has 0 aromatic carbocycles. The third-order valence-corrected chi connectivity index (χ3v) is 11.3. The zero-order valence-electron chi connectivity index (χ0n) is 42.6. The molecular weight excluding hydrogens is 815 g/mol. The summed E-state index contributed by atoms with van der Waals surface area (Å²) >= 11 is 0. The molecule has 0 aliphatic heterocycles. The third-order valence-electron chi connectivity index (χ3n) is 11.3. The van der Waals surface area contributed by atoms with Gasteiger partial charge in [0.05, 0.1) is 46.7 Å². The molecular formula is C56H99NO8. The Balaban J connectivity index is 4.29. The number of nitrogens with zero attached hydrogens (tertiary/aromatic N) is 1. The molecule has 0 saturated carbocycles. The van der Waals surface area contributed by atoms with Gasteiger partial charge in [-0.05, 0) is 38.5 Å². The highest BCUT2D eigenvalue weighted by molar-refractivity contribution is 5.71. The predicted octanol–water partition coefficient (Wildman–Crippen LogP) is 13.6. The van der Waals surface area contributed by atoms with Crippen molar-refractivity contribution in [3.05, 3.63) is 60.8 Å². The molecule has 0 radical (unpaired) electrons. The highest BCUT2D eigenvalue weighted by atomic mass is 16.7. The van der Waals surface area contributed by atoms with E-state index in [1.807, 2.05) is 33.3 Å². The number of unbranched alkanes of at least 4 members (excludes halogenated alkanes) is 24. The minimum atomic E-state index is -1.65. The van der Waals surface area contributed by atoms with Crippen LogP contribution in [0.2, 0.25) is 0 Å². The molecule has 0 bridgehead atoms. The lowest BCUT2D eigenvalue weighted by molar-refractivity contribution is -0.870. The van der Waals surface area contributed by atoms with Crippen molar-refractivity contribution in [2.45, 2.75) is 232 Å². The first kappa shape index (κ1) is 62.0. The van der Waals surface area contributed by atoms with Gasteiger partial charge in [-0.25, -0.2) is 0 Å². The van der Waals surface area contributed by atoms with Crippen LogP contribution in [0.15, 0.2) is 60.8 Å². The standard InChI is InChI=1S/C56H99NO8/c1-6-8-10-12-14-16-18-20-22-23-24-25-26-27-28-29-30-31-33-34-36-38-40-42-44-46-53(58)63-50-52(51-64-56(55(60)61)62-49-48-57(3,4)5)65-54(59)47-45-43-41-39-37-35-32-21-19-17-15-13-11-9-7-2/h9,11,15,17,21,32,37,39,43,45,52,56H,6-8,10,12-14,16,18-20,22-31,33-36,38,40-42,44,46-51H2,1-5H3/b11-9-,17-15-,32-21-,39-37-,45-43-. The molecule has 2 atom stereocenters. The molecule has 9 heteroatoms. The fourth-order valence-corrected chi connectivity index (χ4v) is 7.26. The summed E-state index contributed by atoms with van der Waals surface area (Å²) in [5.74, 6) is -2.45. The number of hydrogen-bond acceptors (Lipinski definition) is 8. The molecule has 0 aromatic rings. The van der Waals surface area contributed by atoms with E-state index >= 15 is 0 Å². The Labute approximate surface area is 399 Å². The van der Waals surface area contributed by atoms with E-state index in [1.54, 1.807) is 6.08 Å². The summed E-state index contributed by atoms with van der Waals surface area (Å²) < 4.78 is 22.5. The van der Waals surface area contributed by atoms with Crippen LogP contribution in [0, 0.1) is 0 Å². The van der Waals surface area contributed by atoms with E-state index in [1.165, 1.54) is 141 Å². The lowest BCUT2D eigenvalue weighted by Crippen LogP contribution is -2.44. The Morgan fingerprint density at radius 2 is 0.862 bits per heavy atom. The first-order chi connectivity index (χ1) is 31.6. The summed E-state index contributed by atoms with van der Waals surface area (Å²) in [5, 5.41) is 11.7. The summed E-state index contributed by atoms with van der Waals surface area (Å²) in [4.78, 5) is 37.1. The highest BCUT2D eigenvalue weighted by Gasteiger charge is 2.21. The van der Waals surface area contributed by atoms with Gasteiger partial charge in [0.25, 0.3) is 0 Å². The van der Waals surface area contributed by atoms with Crippen molar-refractivity contribution >= 4 is 17.9 Å². The molecule has 2 unspecified atom stereocenters. The van der Waals surface area contributed by atoms with Crippen LogP contribution >= 0.6 is 0 Å². The molecule has 0 saturated heterocycles. The number of rotatable bonds is 48. The van der Waals surface area contributed by atoms with Gasteiger partial charge in [0.15, 0.2) is 12.4 Å². The van der Waals surface area contributed by atoms with Crippen LogP contribution in [0.25, 0.3) is 0 Å². The van der Waals surface area contributed by atoms with Crippen molar-refractivity contribution in [2.24, 2.45) is 0 Å². The number of carboxylic acids is 1. The van der Waals surface area contributed by atoms with E-state index in [0.29, 0.717) is 17.4 Å². The second-order valence-electron chi connectivity index (χ2n) is 18.8. The van der Waals surface area contributed by atoms with Gasteiger partial charge in [-0.15, -0.1) is 0 Å². The van der Waals surface area contributed by atoms with E-state index in [9.17, 15) is 19.5 Å². The maximum Gasteiger partial charge on any atom is 0.310 e. The summed E-state index contributed by atoms with van der Waals surface area (Å²) in [6.07, 6.45) is 55.9. The van der Waals surface area contributed by atoms with E-state index in [0.717, 1.165) is 44.9 Å². The van der Waals surface area contributed by atoms with Gasteiger partial charge >= 0.3 is 11.9 Å². The lowest BCUT2D eigenvalue weighted by atomic mass is 10.0. The largest absolute Gasteiger partial charge is 0.545 e. The first-order valence-corrected chi connectivity index (χ1v) is 26.4. The minimum Gasteiger partial charge on any atom is -0.545 e. The van der Waals surface area contributed by atoms with Gasteiger partial charge in [0, 0.05) is 6.42 Å². The Kier molecular flexibility index (Phi) is 45.3.